The van der Waals surface area contributed by atoms with Crippen LogP contribution in [0.15, 0.2) is 54.6 Å². The molecule has 0 aliphatic heterocycles. The predicted octanol–water partition coefficient (Wildman–Crippen LogP) is 5.33. The van der Waals surface area contributed by atoms with Crippen molar-refractivity contribution < 1.29 is 5.11 Å². The summed E-state index contributed by atoms with van der Waals surface area (Å²) in [6, 6.07) is 19.3. The Morgan fingerprint density at radius 2 is 1.69 bits per heavy atom. The molecule has 1 fully saturated rings. The molecule has 6 rings (SSSR count). The van der Waals surface area contributed by atoms with E-state index in [1.165, 1.54) is 40.0 Å². The van der Waals surface area contributed by atoms with Crippen LogP contribution < -0.4 is 0 Å². The number of nitrogens with one attached hydrogen (secondary N) is 1. The second-order valence-electron chi connectivity index (χ2n) is 7.57. The second kappa shape index (κ2) is 5.12. The molecule has 5 aromatic rings. The quantitative estimate of drug-likeness (QED) is 0.458. The number of aromatic nitrogens is 2. The molecule has 0 saturated heterocycles. The van der Waals surface area contributed by atoms with Crippen LogP contribution in [0.4, 0.5) is 0 Å². The van der Waals surface area contributed by atoms with Gasteiger partial charge in [0.1, 0.15) is 0 Å². The Bertz CT molecular complexity index is 1300. The van der Waals surface area contributed by atoms with Crippen molar-refractivity contribution in [3.05, 3.63) is 60.2 Å². The van der Waals surface area contributed by atoms with Gasteiger partial charge in [0.2, 0.25) is 0 Å². The molecule has 0 amide bonds. The molecular formula is C23H20N2O. The van der Waals surface area contributed by atoms with Gasteiger partial charge in [0, 0.05) is 50.2 Å². The number of hydrogen-bond acceptors (Lipinski definition) is 1. The maximum absolute atomic E-state index is 10.4. The number of aliphatic hydroxyl groups excluding tert-OH is 1. The maximum atomic E-state index is 10.4. The van der Waals surface area contributed by atoms with Gasteiger partial charge in [-0.3, -0.25) is 0 Å². The van der Waals surface area contributed by atoms with E-state index in [9.17, 15) is 5.11 Å². The van der Waals surface area contributed by atoms with Gasteiger partial charge in [0.15, 0.2) is 0 Å². The average Bonchev–Trinajstić information content (AvgIpc) is 3.35. The van der Waals surface area contributed by atoms with Crippen LogP contribution in [-0.2, 0) is 13.2 Å². The van der Waals surface area contributed by atoms with E-state index in [-0.39, 0.29) is 6.61 Å². The van der Waals surface area contributed by atoms with Crippen molar-refractivity contribution >= 4 is 43.6 Å². The fourth-order valence-electron chi connectivity index (χ4n) is 4.56. The van der Waals surface area contributed by atoms with E-state index in [1.807, 2.05) is 0 Å². The Balaban J connectivity index is 1.85. The largest absolute Gasteiger partial charge is 0.392 e. The lowest BCUT2D eigenvalue weighted by atomic mass is 10.0. The van der Waals surface area contributed by atoms with Gasteiger partial charge in [-0.1, -0.05) is 36.4 Å². The van der Waals surface area contributed by atoms with Gasteiger partial charge in [0.05, 0.1) is 12.1 Å². The van der Waals surface area contributed by atoms with E-state index in [1.54, 1.807) is 0 Å². The smallest absolute Gasteiger partial charge is 0.0709 e. The van der Waals surface area contributed by atoms with Crippen LogP contribution in [0.1, 0.15) is 18.4 Å². The first-order valence-electron chi connectivity index (χ1n) is 9.39. The third kappa shape index (κ3) is 1.86. The average molecular weight is 340 g/mol. The first-order valence-corrected chi connectivity index (χ1v) is 9.39. The molecule has 0 unspecified atom stereocenters. The van der Waals surface area contributed by atoms with Crippen LogP contribution in [0.3, 0.4) is 0 Å². The summed E-state index contributed by atoms with van der Waals surface area (Å²) in [5, 5.41) is 15.3. The van der Waals surface area contributed by atoms with Crippen LogP contribution in [0, 0.1) is 5.92 Å². The number of H-pyrrole nitrogens is 1. The Kier molecular flexibility index (Phi) is 2.83. The number of para-hydroxylation sites is 2. The molecule has 1 aliphatic rings. The number of fused-ring (bicyclic) bond motifs is 6. The molecule has 2 heterocycles. The van der Waals surface area contributed by atoms with Gasteiger partial charge in [-0.2, -0.15) is 0 Å². The second-order valence-corrected chi connectivity index (χ2v) is 7.57. The van der Waals surface area contributed by atoms with Crippen molar-refractivity contribution in [1.29, 1.82) is 0 Å². The van der Waals surface area contributed by atoms with Crippen molar-refractivity contribution in [3.63, 3.8) is 0 Å². The molecule has 0 spiro atoms. The lowest BCUT2D eigenvalue weighted by Gasteiger charge is -2.11. The number of rotatable bonds is 3. The van der Waals surface area contributed by atoms with Gasteiger partial charge >= 0.3 is 0 Å². The first-order chi connectivity index (χ1) is 12.8. The first kappa shape index (κ1) is 14.4. The van der Waals surface area contributed by atoms with E-state index in [0.717, 1.165) is 34.4 Å². The molecule has 1 saturated carbocycles. The van der Waals surface area contributed by atoms with Crippen LogP contribution in [-0.4, -0.2) is 14.7 Å². The molecule has 2 N–H and O–H groups in total. The zero-order valence-electron chi connectivity index (χ0n) is 14.5. The zero-order valence-corrected chi connectivity index (χ0v) is 14.5. The van der Waals surface area contributed by atoms with Crippen molar-refractivity contribution in [2.24, 2.45) is 5.92 Å². The Morgan fingerprint density at radius 3 is 2.50 bits per heavy atom. The standard InChI is InChI=1S/C23H20N2O/c26-13-18-22-16-6-1-3-7-19(16)24-20(22)11-17-15-5-2-4-8-21(15)25(23(17)18)12-14-9-10-14/h1-8,11,14,24,26H,9-10,12-13H2. The van der Waals surface area contributed by atoms with E-state index in [0.29, 0.717) is 0 Å². The number of nitrogens with zero attached hydrogens (tertiary/aromatic N) is 1. The lowest BCUT2D eigenvalue weighted by molar-refractivity contribution is 0.284. The molecule has 1 aliphatic carbocycles. The van der Waals surface area contributed by atoms with Gasteiger partial charge in [0.25, 0.3) is 0 Å². The minimum absolute atomic E-state index is 0.0523. The topological polar surface area (TPSA) is 41.0 Å². The fourth-order valence-corrected chi connectivity index (χ4v) is 4.56. The van der Waals surface area contributed by atoms with Gasteiger partial charge in [-0.05, 0) is 37.0 Å². The van der Waals surface area contributed by atoms with Crippen LogP contribution in [0.5, 0.6) is 0 Å². The molecule has 0 atom stereocenters. The maximum Gasteiger partial charge on any atom is 0.0709 e. The van der Waals surface area contributed by atoms with Crippen LogP contribution >= 0.6 is 0 Å². The predicted molar refractivity (Wildman–Crippen MR) is 107 cm³/mol. The third-order valence-corrected chi connectivity index (χ3v) is 5.92. The van der Waals surface area contributed by atoms with Crippen molar-refractivity contribution in [2.45, 2.75) is 26.0 Å². The molecule has 3 nitrogen and oxygen atoms in total. The summed E-state index contributed by atoms with van der Waals surface area (Å²) >= 11 is 0. The minimum atomic E-state index is 0.0523. The zero-order chi connectivity index (χ0) is 17.3. The SMILES string of the molecule is OCc1c2c(cc3c4ccccc4n(CC4CC4)c13)[nH]c1ccccc12. The molecule has 0 bridgehead atoms. The monoisotopic (exact) mass is 340 g/mol. The highest BCUT2D eigenvalue weighted by Gasteiger charge is 2.25. The lowest BCUT2D eigenvalue weighted by Crippen LogP contribution is -2.02. The third-order valence-electron chi connectivity index (χ3n) is 5.92. The van der Waals surface area contributed by atoms with E-state index < -0.39 is 0 Å². The summed E-state index contributed by atoms with van der Waals surface area (Å²) in [6.07, 6.45) is 2.63. The van der Waals surface area contributed by atoms with Gasteiger partial charge in [-0.15, -0.1) is 0 Å². The van der Waals surface area contributed by atoms with E-state index >= 15 is 0 Å². The van der Waals surface area contributed by atoms with Crippen molar-refractivity contribution in [1.82, 2.24) is 9.55 Å². The molecule has 3 aromatic carbocycles. The minimum Gasteiger partial charge on any atom is -0.392 e. The molecule has 3 heteroatoms. The Morgan fingerprint density at radius 1 is 0.923 bits per heavy atom. The molecule has 128 valence electrons. The van der Waals surface area contributed by atoms with E-state index in [2.05, 4.69) is 64.1 Å². The number of hydrogen-bond donors (Lipinski definition) is 2. The Labute approximate surface area is 150 Å². The number of aromatic amines is 1. The number of benzene rings is 3. The Hall–Kier alpha value is -2.78. The van der Waals surface area contributed by atoms with Crippen molar-refractivity contribution in [3.8, 4) is 0 Å². The summed E-state index contributed by atoms with van der Waals surface area (Å²) in [5.74, 6) is 0.777. The normalized spacial score (nSPS) is 15.0. The molecular weight excluding hydrogens is 320 g/mol. The number of aliphatic hydroxyl groups is 1. The molecule has 26 heavy (non-hydrogen) atoms. The molecule has 0 radical (unpaired) electrons. The van der Waals surface area contributed by atoms with Gasteiger partial charge < -0.3 is 14.7 Å². The summed E-state index contributed by atoms with van der Waals surface area (Å²) in [4.78, 5) is 3.55. The summed E-state index contributed by atoms with van der Waals surface area (Å²) in [7, 11) is 0. The highest BCUT2D eigenvalue weighted by Crippen LogP contribution is 2.41. The fraction of sp³-hybridized carbons (Fsp3) is 0.217. The summed E-state index contributed by atoms with van der Waals surface area (Å²) < 4.78 is 2.45. The summed E-state index contributed by atoms with van der Waals surface area (Å²) in [5.41, 5.74) is 5.77. The van der Waals surface area contributed by atoms with Crippen molar-refractivity contribution in [2.75, 3.05) is 0 Å². The molecule has 2 aromatic heterocycles. The van der Waals surface area contributed by atoms with Crippen LogP contribution in [0.2, 0.25) is 0 Å². The van der Waals surface area contributed by atoms with Crippen LogP contribution in [0.25, 0.3) is 43.6 Å². The highest BCUT2D eigenvalue weighted by atomic mass is 16.3. The van der Waals surface area contributed by atoms with E-state index in [4.69, 9.17) is 0 Å². The summed E-state index contributed by atoms with van der Waals surface area (Å²) in [6.45, 7) is 1.10. The van der Waals surface area contributed by atoms with Gasteiger partial charge in [-0.25, -0.2) is 0 Å². The highest BCUT2D eigenvalue weighted by molar-refractivity contribution is 6.19.